The fraction of sp³-hybridized carbons (Fsp3) is 0.800. The van der Waals surface area contributed by atoms with Gasteiger partial charge in [0, 0.05) is 12.8 Å². The summed E-state index contributed by atoms with van der Waals surface area (Å²) in [6.45, 7) is 1.34. The molecule has 0 radical (unpaired) electrons. The van der Waals surface area contributed by atoms with E-state index >= 15 is 0 Å². The van der Waals surface area contributed by atoms with Crippen LogP contribution in [0.25, 0.3) is 0 Å². The van der Waals surface area contributed by atoms with E-state index in [-0.39, 0.29) is 17.7 Å². The van der Waals surface area contributed by atoms with E-state index in [0.717, 1.165) is 19.3 Å². The number of rotatable bonds is 1. The summed E-state index contributed by atoms with van der Waals surface area (Å²) in [7, 11) is 0. The van der Waals surface area contributed by atoms with E-state index in [1.807, 2.05) is 0 Å². The maximum atomic E-state index is 11.6. The van der Waals surface area contributed by atoms with Crippen LogP contribution in [0.3, 0.4) is 0 Å². The fourth-order valence-corrected chi connectivity index (χ4v) is 3.13. The standard InChI is InChI=1S/C10H13ClO3/c1-6(12)14-10-5-3-2-4-7(10)8(11)9(10)13/h7-8H,2-5H2,1H3. The minimum Gasteiger partial charge on any atom is -0.451 e. The highest BCUT2D eigenvalue weighted by Crippen LogP contribution is 2.50. The average molecular weight is 217 g/mol. The Morgan fingerprint density at radius 3 is 2.93 bits per heavy atom. The molecule has 3 unspecified atom stereocenters. The van der Waals surface area contributed by atoms with Gasteiger partial charge in [-0.15, -0.1) is 11.6 Å². The van der Waals surface area contributed by atoms with Crippen LogP contribution in [0, 0.1) is 5.92 Å². The number of hydrogen-bond donors (Lipinski definition) is 0. The van der Waals surface area contributed by atoms with E-state index in [0.29, 0.717) is 6.42 Å². The normalized spacial score (nSPS) is 41.1. The molecule has 2 saturated carbocycles. The molecule has 0 aliphatic heterocycles. The first-order valence-electron chi connectivity index (χ1n) is 4.96. The number of fused-ring (bicyclic) bond motifs is 1. The van der Waals surface area contributed by atoms with Crippen molar-refractivity contribution in [3.8, 4) is 0 Å². The zero-order chi connectivity index (χ0) is 10.3. The number of hydrogen-bond acceptors (Lipinski definition) is 3. The second-order valence-electron chi connectivity index (χ2n) is 4.10. The molecule has 0 heterocycles. The number of ether oxygens (including phenoxy) is 1. The molecule has 2 rings (SSSR count). The lowest BCUT2D eigenvalue weighted by molar-refractivity contribution is -0.191. The number of alkyl halides is 1. The number of esters is 1. The molecule has 14 heavy (non-hydrogen) atoms. The highest BCUT2D eigenvalue weighted by Gasteiger charge is 2.64. The lowest BCUT2D eigenvalue weighted by Crippen LogP contribution is -2.67. The lowest BCUT2D eigenvalue weighted by atomic mass is 9.60. The van der Waals surface area contributed by atoms with Gasteiger partial charge in [0.15, 0.2) is 11.4 Å². The van der Waals surface area contributed by atoms with E-state index in [1.165, 1.54) is 6.92 Å². The molecule has 0 spiro atoms. The Bertz CT molecular complexity index is 289. The average Bonchev–Trinajstić information content (AvgIpc) is 2.16. The van der Waals surface area contributed by atoms with Gasteiger partial charge in [0.05, 0.1) is 0 Å². The van der Waals surface area contributed by atoms with Crippen molar-refractivity contribution in [2.75, 3.05) is 0 Å². The molecule has 2 aliphatic carbocycles. The van der Waals surface area contributed by atoms with Gasteiger partial charge in [-0.2, -0.15) is 0 Å². The minimum atomic E-state index is -0.851. The van der Waals surface area contributed by atoms with Gasteiger partial charge in [-0.3, -0.25) is 9.59 Å². The summed E-state index contributed by atoms with van der Waals surface area (Å²) in [6.07, 6.45) is 3.57. The van der Waals surface area contributed by atoms with Crippen LogP contribution in [0.2, 0.25) is 0 Å². The molecule has 2 fully saturated rings. The van der Waals surface area contributed by atoms with E-state index in [9.17, 15) is 9.59 Å². The quantitative estimate of drug-likeness (QED) is 0.495. The van der Waals surface area contributed by atoms with Gasteiger partial charge in [0.25, 0.3) is 0 Å². The molecule has 0 aromatic rings. The van der Waals surface area contributed by atoms with Crippen LogP contribution in [0.5, 0.6) is 0 Å². The summed E-state index contributed by atoms with van der Waals surface area (Å²) in [5, 5.41) is -0.436. The van der Waals surface area contributed by atoms with Crippen LogP contribution >= 0.6 is 11.6 Å². The van der Waals surface area contributed by atoms with Crippen molar-refractivity contribution in [1.82, 2.24) is 0 Å². The van der Waals surface area contributed by atoms with E-state index in [4.69, 9.17) is 16.3 Å². The van der Waals surface area contributed by atoms with Gasteiger partial charge in [-0.05, 0) is 19.3 Å². The first-order valence-corrected chi connectivity index (χ1v) is 5.39. The third-order valence-electron chi connectivity index (χ3n) is 3.26. The number of Topliss-reactive ketones (excluding diaryl/α,β-unsaturated/α-hetero) is 1. The fourth-order valence-electron chi connectivity index (χ4n) is 2.61. The zero-order valence-corrected chi connectivity index (χ0v) is 8.84. The molecule has 0 saturated heterocycles. The van der Waals surface area contributed by atoms with Gasteiger partial charge in [0.1, 0.15) is 5.38 Å². The highest BCUT2D eigenvalue weighted by atomic mass is 35.5. The second kappa shape index (κ2) is 3.23. The molecule has 2 aliphatic rings. The zero-order valence-electron chi connectivity index (χ0n) is 8.09. The van der Waals surface area contributed by atoms with Crippen molar-refractivity contribution in [1.29, 1.82) is 0 Å². The Hall–Kier alpha value is -0.570. The predicted octanol–water partition coefficient (Wildman–Crippen LogP) is 1.67. The molecule has 0 N–H and O–H groups in total. The molecule has 3 nitrogen and oxygen atoms in total. The smallest absolute Gasteiger partial charge is 0.303 e. The molecule has 0 aromatic heterocycles. The Morgan fingerprint density at radius 1 is 1.57 bits per heavy atom. The summed E-state index contributed by atoms with van der Waals surface area (Å²) in [4.78, 5) is 22.6. The summed E-state index contributed by atoms with van der Waals surface area (Å²) >= 11 is 5.91. The van der Waals surface area contributed by atoms with Gasteiger partial charge >= 0.3 is 5.97 Å². The van der Waals surface area contributed by atoms with Gasteiger partial charge in [-0.25, -0.2) is 0 Å². The second-order valence-corrected chi connectivity index (χ2v) is 4.57. The summed E-state index contributed by atoms with van der Waals surface area (Å²) < 4.78 is 5.19. The molecule has 0 amide bonds. The van der Waals surface area contributed by atoms with E-state index in [2.05, 4.69) is 0 Å². The Balaban J connectivity index is 2.20. The lowest BCUT2D eigenvalue weighted by Gasteiger charge is -2.52. The van der Waals surface area contributed by atoms with Crippen LogP contribution in [0.1, 0.15) is 32.6 Å². The Morgan fingerprint density at radius 2 is 2.29 bits per heavy atom. The van der Waals surface area contributed by atoms with Gasteiger partial charge in [-0.1, -0.05) is 6.42 Å². The third kappa shape index (κ3) is 1.18. The largest absolute Gasteiger partial charge is 0.451 e. The van der Waals surface area contributed by atoms with Crippen LogP contribution in [-0.4, -0.2) is 22.7 Å². The van der Waals surface area contributed by atoms with Crippen molar-refractivity contribution in [2.45, 2.75) is 43.6 Å². The van der Waals surface area contributed by atoms with Gasteiger partial charge in [0.2, 0.25) is 0 Å². The SMILES string of the molecule is CC(=O)OC12CCCCC1C(Cl)C2=O. The summed E-state index contributed by atoms with van der Waals surface area (Å²) in [5.74, 6) is -0.429. The number of halogens is 1. The summed E-state index contributed by atoms with van der Waals surface area (Å²) in [6, 6.07) is 0. The minimum absolute atomic E-state index is 0.0503. The number of ketones is 1. The third-order valence-corrected chi connectivity index (χ3v) is 3.76. The van der Waals surface area contributed by atoms with Gasteiger partial charge < -0.3 is 4.74 Å². The number of carbonyl (C=O) groups is 2. The van der Waals surface area contributed by atoms with Crippen LogP contribution < -0.4 is 0 Å². The van der Waals surface area contributed by atoms with Crippen molar-refractivity contribution < 1.29 is 14.3 Å². The Kier molecular flexibility index (Phi) is 2.30. The van der Waals surface area contributed by atoms with Crippen molar-refractivity contribution in [2.24, 2.45) is 5.92 Å². The number of carbonyl (C=O) groups excluding carboxylic acids is 2. The van der Waals surface area contributed by atoms with Crippen molar-refractivity contribution >= 4 is 23.4 Å². The van der Waals surface area contributed by atoms with Crippen molar-refractivity contribution in [3.05, 3.63) is 0 Å². The molecule has 0 aromatic carbocycles. The molecule has 4 heteroatoms. The molecule has 78 valence electrons. The maximum Gasteiger partial charge on any atom is 0.303 e. The Labute approximate surface area is 87.8 Å². The monoisotopic (exact) mass is 216 g/mol. The van der Waals surface area contributed by atoms with E-state index in [1.54, 1.807) is 0 Å². The molecular formula is C10H13ClO3. The van der Waals surface area contributed by atoms with Crippen LogP contribution in [-0.2, 0) is 14.3 Å². The van der Waals surface area contributed by atoms with E-state index < -0.39 is 11.0 Å². The topological polar surface area (TPSA) is 43.4 Å². The maximum absolute atomic E-state index is 11.6. The molecular weight excluding hydrogens is 204 g/mol. The first kappa shape index (κ1) is 9.97. The molecule has 0 bridgehead atoms. The van der Waals surface area contributed by atoms with Crippen molar-refractivity contribution in [3.63, 3.8) is 0 Å². The first-order chi connectivity index (χ1) is 6.58. The summed E-state index contributed by atoms with van der Waals surface area (Å²) in [5.41, 5.74) is -0.851. The van der Waals surface area contributed by atoms with Crippen LogP contribution in [0.4, 0.5) is 0 Å². The predicted molar refractivity (Wildman–Crippen MR) is 51.1 cm³/mol. The molecule has 3 atom stereocenters. The highest BCUT2D eigenvalue weighted by molar-refractivity contribution is 6.36. The van der Waals surface area contributed by atoms with Crippen LogP contribution in [0.15, 0.2) is 0 Å².